The number of benzene rings is 1. The molecule has 0 amide bonds. The van der Waals surface area contributed by atoms with Crippen LogP contribution in [0.25, 0.3) is 6.08 Å². The SMILES string of the molecule is CO/C=C/c1ccc(C(=O)c2ccc[nH]2)cc1. The van der Waals surface area contributed by atoms with Gasteiger partial charge in [0.1, 0.15) is 0 Å². The van der Waals surface area contributed by atoms with Crippen molar-refractivity contribution in [1.82, 2.24) is 4.98 Å². The molecule has 1 N–H and O–H groups in total. The van der Waals surface area contributed by atoms with Crippen molar-refractivity contribution in [1.29, 1.82) is 0 Å². The Morgan fingerprint density at radius 3 is 2.59 bits per heavy atom. The van der Waals surface area contributed by atoms with Crippen LogP contribution >= 0.6 is 0 Å². The van der Waals surface area contributed by atoms with Crippen LogP contribution in [0.3, 0.4) is 0 Å². The molecule has 0 bridgehead atoms. The number of H-pyrrole nitrogens is 1. The molecule has 0 aliphatic rings. The van der Waals surface area contributed by atoms with Crippen molar-refractivity contribution >= 4 is 11.9 Å². The van der Waals surface area contributed by atoms with Gasteiger partial charge < -0.3 is 9.72 Å². The molecule has 0 atom stereocenters. The number of nitrogens with one attached hydrogen (secondary N) is 1. The highest BCUT2D eigenvalue weighted by Gasteiger charge is 2.08. The summed E-state index contributed by atoms with van der Waals surface area (Å²) in [4.78, 5) is 14.9. The summed E-state index contributed by atoms with van der Waals surface area (Å²) >= 11 is 0. The second kappa shape index (κ2) is 5.16. The minimum Gasteiger partial charge on any atom is -0.504 e. The molecule has 1 aromatic heterocycles. The predicted molar refractivity (Wildman–Crippen MR) is 66.7 cm³/mol. The lowest BCUT2D eigenvalue weighted by molar-refractivity contribution is 0.103. The number of hydrogen-bond donors (Lipinski definition) is 1. The molecule has 3 nitrogen and oxygen atoms in total. The third-order valence-corrected chi connectivity index (χ3v) is 2.41. The van der Waals surface area contributed by atoms with Crippen molar-refractivity contribution in [3.63, 3.8) is 0 Å². The molecule has 1 aromatic carbocycles. The second-order valence-electron chi connectivity index (χ2n) is 3.57. The van der Waals surface area contributed by atoms with Gasteiger partial charge in [-0.05, 0) is 23.8 Å². The maximum Gasteiger partial charge on any atom is 0.209 e. The van der Waals surface area contributed by atoms with E-state index in [9.17, 15) is 4.79 Å². The maximum atomic E-state index is 12.0. The molecule has 0 spiro atoms. The van der Waals surface area contributed by atoms with Gasteiger partial charge in [-0.3, -0.25) is 4.79 Å². The summed E-state index contributed by atoms with van der Waals surface area (Å²) < 4.78 is 4.83. The van der Waals surface area contributed by atoms with E-state index in [4.69, 9.17) is 4.74 Å². The first-order chi connectivity index (χ1) is 8.31. The molecule has 17 heavy (non-hydrogen) atoms. The van der Waals surface area contributed by atoms with E-state index < -0.39 is 0 Å². The summed E-state index contributed by atoms with van der Waals surface area (Å²) in [6.07, 6.45) is 5.17. The van der Waals surface area contributed by atoms with Crippen molar-refractivity contribution in [2.24, 2.45) is 0 Å². The van der Waals surface area contributed by atoms with Crippen LogP contribution in [0.5, 0.6) is 0 Å². The van der Waals surface area contributed by atoms with Crippen LogP contribution in [0.1, 0.15) is 21.6 Å². The molecule has 0 aliphatic heterocycles. The van der Waals surface area contributed by atoms with Gasteiger partial charge in [0.05, 0.1) is 19.1 Å². The number of aromatic amines is 1. The van der Waals surface area contributed by atoms with Crippen molar-refractivity contribution in [3.8, 4) is 0 Å². The third-order valence-electron chi connectivity index (χ3n) is 2.41. The van der Waals surface area contributed by atoms with Crippen LogP contribution < -0.4 is 0 Å². The number of carbonyl (C=O) groups excluding carboxylic acids is 1. The molecule has 0 saturated carbocycles. The topological polar surface area (TPSA) is 42.1 Å². The Bertz CT molecular complexity index is 510. The fourth-order valence-electron chi connectivity index (χ4n) is 1.52. The molecule has 0 aliphatic carbocycles. The zero-order valence-corrected chi connectivity index (χ0v) is 9.51. The molecular weight excluding hydrogens is 214 g/mol. The van der Waals surface area contributed by atoms with Crippen LogP contribution in [0, 0.1) is 0 Å². The molecular formula is C14H13NO2. The Kier molecular flexibility index (Phi) is 3.40. The van der Waals surface area contributed by atoms with E-state index in [1.54, 1.807) is 37.8 Å². The number of ether oxygens (including phenoxy) is 1. The average molecular weight is 227 g/mol. The number of rotatable bonds is 4. The Hall–Kier alpha value is -2.29. The first-order valence-electron chi connectivity index (χ1n) is 5.29. The summed E-state index contributed by atoms with van der Waals surface area (Å²) in [7, 11) is 1.60. The molecule has 1 heterocycles. The number of methoxy groups -OCH3 is 1. The highest BCUT2D eigenvalue weighted by Crippen LogP contribution is 2.10. The molecule has 86 valence electrons. The average Bonchev–Trinajstić information content (AvgIpc) is 2.90. The first kappa shape index (κ1) is 11.2. The Balaban J connectivity index is 2.18. The lowest BCUT2D eigenvalue weighted by Crippen LogP contribution is -2.00. The summed E-state index contributed by atoms with van der Waals surface area (Å²) in [5, 5.41) is 0. The summed E-state index contributed by atoms with van der Waals surface area (Å²) in [6, 6.07) is 10.9. The molecule has 2 aromatic rings. The molecule has 0 unspecified atom stereocenters. The van der Waals surface area contributed by atoms with Crippen molar-refractivity contribution in [2.75, 3.05) is 7.11 Å². The van der Waals surface area contributed by atoms with Crippen LogP contribution in [0.2, 0.25) is 0 Å². The van der Waals surface area contributed by atoms with Gasteiger partial charge in [0.15, 0.2) is 0 Å². The summed E-state index contributed by atoms with van der Waals surface area (Å²) in [5.74, 6) is -0.00253. The van der Waals surface area contributed by atoms with Gasteiger partial charge in [0, 0.05) is 11.8 Å². The van der Waals surface area contributed by atoms with E-state index in [-0.39, 0.29) is 5.78 Å². The zero-order chi connectivity index (χ0) is 12.1. The van der Waals surface area contributed by atoms with Gasteiger partial charge in [-0.1, -0.05) is 24.3 Å². The quantitative estimate of drug-likeness (QED) is 0.644. The van der Waals surface area contributed by atoms with E-state index in [2.05, 4.69) is 4.98 Å². The fourth-order valence-corrected chi connectivity index (χ4v) is 1.52. The largest absolute Gasteiger partial charge is 0.504 e. The maximum absolute atomic E-state index is 12.0. The monoisotopic (exact) mass is 227 g/mol. The fraction of sp³-hybridized carbons (Fsp3) is 0.0714. The number of hydrogen-bond acceptors (Lipinski definition) is 2. The van der Waals surface area contributed by atoms with Gasteiger partial charge in [0.2, 0.25) is 5.78 Å². The first-order valence-corrected chi connectivity index (χ1v) is 5.29. The van der Waals surface area contributed by atoms with Gasteiger partial charge in [-0.2, -0.15) is 0 Å². The molecule has 0 radical (unpaired) electrons. The van der Waals surface area contributed by atoms with E-state index in [0.29, 0.717) is 11.3 Å². The van der Waals surface area contributed by atoms with E-state index in [1.807, 2.05) is 24.3 Å². The minimum atomic E-state index is -0.00253. The normalized spacial score (nSPS) is 10.6. The molecule has 2 rings (SSSR count). The highest BCUT2D eigenvalue weighted by molar-refractivity contribution is 6.07. The van der Waals surface area contributed by atoms with Gasteiger partial charge >= 0.3 is 0 Å². The third kappa shape index (κ3) is 2.64. The highest BCUT2D eigenvalue weighted by atomic mass is 16.5. The Morgan fingerprint density at radius 1 is 1.24 bits per heavy atom. The van der Waals surface area contributed by atoms with E-state index in [0.717, 1.165) is 5.56 Å². The van der Waals surface area contributed by atoms with Gasteiger partial charge in [0.25, 0.3) is 0 Å². The zero-order valence-electron chi connectivity index (χ0n) is 9.51. The summed E-state index contributed by atoms with van der Waals surface area (Å²) in [6.45, 7) is 0. The summed E-state index contributed by atoms with van der Waals surface area (Å²) in [5.41, 5.74) is 2.27. The van der Waals surface area contributed by atoms with Crippen LogP contribution in [-0.4, -0.2) is 17.9 Å². The van der Waals surface area contributed by atoms with Crippen molar-refractivity contribution in [2.45, 2.75) is 0 Å². The van der Waals surface area contributed by atoms with Crippen LogP contribution in [0.4, 0.5) is 0 Å². The van der Waals surface area contributed by atoms with E-state index >= 15 is 0 Å². The van der Waals surface area contributed by atoms with Gasteiger partial charge in [-0.15, -0.1) is 0 Å². The van der Waals surface area contributed by atoms with E-state index in [1.165, 1.54) is 0 Å². The lowest BCUT2D eigenvalue weighted by atomic mass is 10.1. The lowest BCUT2D eigenvalue weighted by Gasteiger charge is -1.99. The van der Waals surface area contributed by atoms with Crippen molar-refractivity contribution < 1.29 is 9.53 Å². The van der Waals surface area contributed by atoms with Gasteiger partial charge in [-0.25, -0.2) is 0 Å². The Morgan fingerprint density at radius 2 is 2.00 bits per heavy atom. The number of aromatic nitrogens is 1. The number of carbonyl (C=O) groups is 1. The minimum absolute atomic E-state index is 0.00253. The molecule has 0 saturated heterocycles. The molecule has 3 heteroatoms. The van der Waals surface area contributed by atoms with Crippen molar-refractivity contribution in [3.05, 3.63) is 65.7 Å². The van der Waals surface area contributed by atoms with Crippen LogP contribution in [-0.2, 0) is 4.74 Å². The predicted octanol–water partition coefficient (Wildman–Crippen LogP) is 2.86. The second-order valence-corrected chi connectivity index (χ2v) is 3.57. The molecule has 0 fully saturated rings. The number of ketones is 1. The van der Waals surface area contributed by atoms with Crippen LogP contribution in [0.15, 0.2) is 48.9 Å². The Labute approximate surface area is 99.7 Å². The smallest absolute Gasteiger partial charge is 0.209 e. The standard InChI is InChI=1S/C14H13NO2/c1-17-10-8-11-4-6-12(7-5-11)14(16)13-3-2-9-15-13/h2-10,15H,1H3/b10-8+.